The second kappa shape index (κ2) is 3.49. The monoisotopic (exact) mass is 202 g/mol. The van der Waals surface area contributed by atoms with Crippen LogP contribution in [0, 0.1) is 0 Å². The molecule has 0 fully saturated rings. The smallest absolute Gasteiger partial charge is 0.316 e. The number of urea groups is 1. The molecule has 2 aromatic carbocycles. The number of carbonyl (C=O) groups excluding carboxylic acids is 1. The van der Waals surface area contributed by atoms with Crippen LogP contribution in [0.3, 0.4) is 0 Å². The average Bonchev–Trinajstić information content (AvgIpc) is 2.22. The molecule has 0 unspecified atom stereocenters. The number of primary amides is 1. The van der Waals surface area contributed by atoms with E-state index in [9.17, 15) is 9.90 Å². The third kappa shape index (κ3) is 1.69. The summed E-state index contributed by atoms with van der Waals surface area (Å²) in [5.41, 5.74) is 5.37. The SMILES string of the molecule is NC(=O)Nc1c(O)ccc2ccccc12. The van der Waals surface area contributed by atoms with Gasteiger partial charge < -0.3 is 16.2 Å². The quantitative estimate of drug-likeness (QED) is 0.619. The highest BCUT2D eigenvalue weighted by Crippen LogP contribution is 2.31. The van der Waals surface area contributed by atoms with Crippen molar-refractivity contribution in [3.8, 4) is 5.75 Å². The molecule has 4 nitrogen and oxygen atoms in total. The normalized spacial score (nSPS) is 10.1. The lowest BCUT2D eigenvalue weighted by atomic mass is 10.1. The predicted octanol–water partition coefficient (Wildman–Crippen LogP) is 2.04. The van der Waals surface area contributed by atoms with E-state index in [1.54, 1.807) is 12.1 Å². The number of fused-ring (bicyclic) bond motifs is 1. The van der Waals surface area contributed by atoms with Gasteiger partial charge in [0, 0.05) is 5.39 Å². The van der Waals surface area contributed by atoms with Gasteiger partial charge in [0.25, 0.3) is 0 Å². The van der Waals surface area contributed by atoms with Gasteiger partial charge in [0.15, 0.2) is 0 Å². The zero-order valence-corrected chi connectivity index (χ0v) is 7.90. The summed E-state index contributed by atoms with van der Waals surface area (Å²) in [6, 6.07) is 10.0. The van der Waals surface area contributed by atoms with E-state index in [1.165, 1.54) is 6.07 Å². The molecule has 15 heavy (non-hydrogen) atoms. The molecule has 0 aliphatic rings. The van der Waals surface area contributed by atoms with Gasteiger partial charge in [0.05, 0.1) is 5.69 Å². The molecule has 0 radical (unpaired) electrons. The molecule has 4 N–H and O–H groups in total. The maximum Gasteiger partial charge on any atom is 0.316 e. The number of nitrogens with two attached hydrogens (primary N) is 1. The number of phenols is 1. The van der Waals surface area contributed by atoms with Crippen LogP contribution in [-0.4, -0.2) is 11.1 Å². The Bertz CT molecular complexity index is 523. The third-order valence-electron chi connectivity index (χ3n) is 2.16. The minimum Gasteiger partial charge on any atom is -0.506 e. The van der Waals surface area contributed by atoms with E-state index in [1.807, 2.05) is 18.2 Å². The van der Waals surface area contributed by atoms with Crippen LogP contribution in [-0.2, 0) is 0 Å². The first kappa shape index (κ1) is 9.33. The highest BCUT2D eigenvalue weighted by Gasteiger charge is 2.07. The number of benzene rings is 2. The van der Waals surface area contributed by atoms with E-state index in [0.29, 0.717) is 5.69 Å². The van der Waals surface area contributed by atoms with Gasteiger partial charge >= 0.3 is 6.03 Å². The Labute approximate surface area is 86.3 Å². The van der Waals surface area contributed by atoms with Gasteiger partial charge in [-0.15, -0.1) is 0 Å². The molecule has 0 atom stereocenters. The molecule has 2 aromatic rings. The first-order valence-electron chi connectivity index (χ1n) is 4.45. The topological polar surface area (TPSA) is 75.4 Å². The van der Waals surface area contributed by atoms with Crippen LogP contribution >= 0.6 is 0 Å². The number of hydrogen-bond acceptors (Lipinski definition) is 2. The number of aromatic hydroxyl groups is 1. The summed E-state index contributed by atoms with van der Waals surface area (Å²) < 4.78 is 0. The molecule has 2 amide bonds. The Balaban J connectivity index is 2.68. The van der Waals surface area contributed by atoms with E-state index in [0.717, 1.165) is 10.8 Å². The molecule has 0 heterocycles. The number of amides is 2. The van der Waals surface area contributed by atoms with Gasteiger partial charge in [0.1, 0.15) is 5.75 Å². The summed E-state index contributed by atoms with van der Waals surface area (Å²) in [5, 5.41) is 13.7. The third-order valence-corrected chi connectivity index (χ3v) is 2.16. The molecule has 0 bridgehead atoms. The van der Waals surface area contributed by atoms with Crippen LogP contribution in [0.4, 0.5) is 10.5 Å². The first-order valence-corrected chi connectivity index (χ1v) is 4.45. The van der Waals surface area contributed by atoms with Crippen LogP contribution in [0.25, 0.3) is 10.8 Å². The zero-order chi connectivity index (χ0) is 10.8. The molecule has 0 aliphatic heterocycles. The highest BCUT2D eigenvalue weighted by atomic mass is 16.3. The Hall–Kier alpha value is -2.23. The fourth-order valence-electron chi connectivity index (χ4n) is 1.51. The van der Waals surface area contributed by atoms with Crippen molar-refractivity contribution in [3.63, 3.8) is 0 Å². The minimum absolute atomic E-state index is 0.00694. The molecular formula is C11H10N2O2. The number of anilines is 1. The van der Waals surface area contributed by atoms with E-state index in [-0.39, 0.29) is 5.75 Å². The van der Waals surface area contributed by atoms with Crippen molar-refractivity contribution in [1.29, 1.82) is 0 Å². The lowest BCUT2D eigenvalue weighted by Crippen LogP contribution is -2.19. The number of hydrogen-bond donors (Lipinski definition) is 3. The predicted molar refractivity (Wildman–Crippen MR) is 58.8 cm³/mol. The summed E-state index contributed by atoms with van der Waals surface area (Å²) >= 11 is 0. The molecule has 0 aromatic heterocycles. The Morgan fingerprint density at radius 1 is 1.20 bits per heavy atom. The van der Waals surface area contributed by atoms with E-state index in [2.05, 4.69) is 5.32 Å². The largest absolute Gasteiger partial charge is 0.506 e. The second-order valence-corrected chi connectivity index (χ2v) is 3.17. The van der Waals surface area contributed by atoms with Crippen LogP contribution in [0.2, 0.25) is 0 Å². The van der Waals surface area contributed by atoms with Crippen molar-refractivity contribution in [2.45, 2.75) is 0 Å². The van der Waals surface area contributed by atoms with E-state index < -0.39 is 6.03 Å². The minimum atomic E-state index is -0.693. The highest BCUT2D eigenvalue weighted by molar-refractivity contribution is 6.03. The Morgan fingerprint density at radius 3 is 2.67 bits per heavy atom. The van der Waals surface area contributed by atoms with Gasteiger partial charge in [-0.3, -0.25) is 0 Å². The van der Waals surface area contributed by atoms with Crippen LogP contribution in [0.1, 0.15) is 0 Å². The van der Waals surface area contributed by atoms with Crippen molar-refractivity contribution in [3.05, 3.63) is 36.4 Å². The van der Waals surface area contributed by atoms with Crippen molar-refractivity contribution >= 4 is 22.5 Å². The molecule has 0 saturated heterocycles. The standard InChI is InChI=1S/C11H10N2O2/c12-11(15)13-10-8-4-2-1-3-7(8)5-6-9(10)14/h1-6,14H,(H3,12,13,15). The Morgan fingerprint density at radius 2 is 1.93 bits per heavy atom. The number of carbonyl (C=O) groups is 1. The summed E-state index contributed by atoms with van der Waals surface area (Å²) in [5.74, 6) is 0.00694. The number of nitrogens with one attached hydrogen (secondary N) is 1. The fourth-order valence-corrected chi connectivity index (χ4v) is 1.51. The second-order valence-electron chi connectivity index (χ2n) is 3.17. The van der Waals surface area contributed by atoms with Crippen molar-refractivity contribution < 1.29 is 9.90 Å². The van der Waals surface area contributed by atoms with Crippen molar-refractivity contribution in [2.75, 3.05) is 5.32 Å². The molecule has 0 aliphatic carbocycles. The lowest BCUT2D eigenvalue weighted by molar-refractivity contribution is 0.259. The molecule has 0 saturated carbocycles. The molecule has 4 heteroatoms. The maximum absolute atomic E-state index is 10.8. The molecular weight excluding hydrogens is 192 g/mol. The molecule has 0 spiro atoms. The van der Waals surface area contributed by atoms with Crippen LogP contribution in [0.15, 0.2) is 36.4 Å². The van der Waals surface area contributed by atoms with Gasteiger partial charge in [-0.2, -0.15) is 0 Å². The average molecular weight is 202 g/mol. The van der Waals surface area contributed by atoms with Gasteiger partial charge in [-0.25, -0.2) is 4.79 Å². The van der Waals surface area contributed by atoms with Crippen LogP contribution < -0.4 is 11.1 Å². The summed E-state index contributed by atoms with van der Waals surface area (Å²) in [6.07, 6.45) is 0. The first-order chi connectivity index (χ1) is 7.18. The maximum atomic E-state index is 10.8. The van der Waals surface area contributed by atoms with E-state index >= 15 is 0 Å². The lowest BCUT2D eigenvalue weighted by Gasteiger charge is -2.08. The van der Waals surface area contributed by atoms with E-state index in [4.69, 9.17) is 5.73 Å². The molecule has 76 valence electrons. The fraction of sp³-hybridized carbons (Fsp3) is 0. The van der Waals surface area contributed by atoms with Crippen LogP contribution in [0.5, 0.6) is 5.75 Å². The van der Waals surface area contributed by atoms with Gasteiger partial charge in [-0.1, -0.05) is 30.3 Å². The number of phenolic OH excluding ortho intramolecular Hbond substituents is 1. The summed E-state index contributed by atoms with van der Waals surface area (Å²) in [6.45, 7) is 0. The summed E-state index contributed by atoms with van der Waals surface area (Å²) in [4.78, 5) is 10.8. The Kier molecular flexibility index (Phi) is 2.17. The zero-order valence-electron chi connectivity index (χ0n) is 7.90. The van der Waals surface area contributed by atoms with Gasteiger partial charge in [0.2, 0.25) is 0 Å². The van der Waals surface area contributed by atoms with Crippen molar-refractivity contribution in [1.82, 2.24) is 0 Å². The van der Waals surface area contributed by atoms with Gasteiger partial charge in [-0.05, 0) is 11.5 Å². The van der Waals surface area contributed by atoms with Crippen molar-refractivity contribution in [2.24, 2.45) is 5.73 Å². The molecule has 2 rings (SSSR count). The number of rotatable bonds is 1. The summed E-state index contributed by atoms with van der Waals surface area (Å²) in [7, 11) is 0.